The maximum Gasteiger partial charge on any atom is 0.274 e. The first-order valence-electron chi connectivity index (χ1n) is 10.2. The molecule has 1 aromatic heterocycles. The summed E-state index contributed by atoms with van der Waals surface area (Å²) in [4.78, 5) is 37.4. The molecule has 0 aliphatic carbocycles. The Morgan fingerprint density at radius 3 is 2.21 bits per heavy atom. The van der Waals surface area contributed by atoms with E-state index in [4.69, 9.17) is 0 Å². The SMILES string of the molecule is CCc1cccc(CC)c1NC(=O)c1cc(C)nc(N2CCN(C(C)=O)CC2)n1. The van der Waals surface area contributed by atoms with E-state index in [0.717, 1.165) is 35.3 Å². The predicted molar refractivity (Wildman–Crippen MR) is 114 cm³/mol. The molecule has 1 N–H and O–H groups in total. The lowest BCUT2D eigenvalue weighted by Crippen LogP contribution is -2.48. The van der Waals surface area contributed by atoms with Gasteiger partial charge in [-0.25, -0.2) is 9.97 Å². The van der Waals surface area contributed by atoms with Crippen LogP contribution in [0.15, 0.2) is 24.3 Å². The van der Waals surface area contributed by atoms with E-state index in [1.54, 1.807) is 13.0 Å². The predicted octanol–water partition coefficient (Wildman–Crippen LogP) is 2.83. The van der Waals surface area contributed by atoms with Crippen molar-refractivity contribution < 1.29 is 9.59 Å². The number of benzene rings is 1. The first-order chi connectivity index (χ1) is 13.9. The van der Waals surface area contributed by atoms with Gasteiger partial charge in [-0.15, -0.1) is 0 Å². The number of carbonyl (C=O) groups excluding carboxylic acids is 2. The number of piperazine rings is 1. The summed E-state index contributed by atoms with van der Waals surface area (Å²) in [5.41, 5.74) is 4.21. The number of nitrogens with zero attached hydrogens (tertiary/aromatic N) is 4. The summed E-state index contributed by atoms with van der Waals surface area (Å²) in [6.07, 6.45) is 1.69. The Bertz CT molecular complexity index is 882. The average Bonchev–Trinajstić information content (AvgIpc) is 2.73. The monoisotopic (exact) mass is 395 g/mol. The zero-order chi connectivity index (χ0) is 21.0. The minimum absolute atomic E-state index is 0.0798. The molecule has 154 valence electrons. The standard InChI is InChI=1S/C22H29N5O2/c1-5-17-8-7-9-18(6-2)20(17)25-21(29)19-14-15(3)23-22(24-19)27-12-10-26(11-13-27)16(4)28/h7-9,14H,5-6,10-13H2,1-4H3,(H,25,29). The maximum absolute atomic E-state index is 13.0. The van der Waals surface area contributed by atoms with Crippen molar-refractivity contribution in [1.82, 2.24) is 14.9 Å². The van der Waals surface area contributed by atoms with Crippen LogP contribution in [-0.2, 0) is 17.6 Å². The van der Waals surface area contributed by atoms with Crippen molar-refractivity contribution in [3.8, 4) is 0 Å². The van der Waals surface area contributed by atoms with Gasteiger partial charge in [0.2, 0.25) is 11.9 Å². The van der Waals surface area contributed by atoms with Gasteiger partial charge in [-0.05, 0) is 37.0 Å². The van der Waals surface area contributed by atoms with Gasteiger partial charge in [-0.3, -0.25) is 9.59 Å². The topological polar surface area (TPSA) is 78.4 Å². The van der Waals surface area contributed by atoms with E-state index in [2.05, 4.69) is 29.1 Å². The van der Waals surface area contributed by atoms with Gasteiger partial charge in [-0.1, -0.05) is 32.0 Å². The number of amides is 2. The van der Waals surface area contributed by atoms with Crippen molar-refractivity contribution >= 4 is 23.5 Å². The third-order valence-corrected chi connectivity index (χ3v) is 5.32. The smallest absolute Gasteiger partial charge is 0.274 e. The summed E-state index contributed by atoms with van der Waals surface area (Å²) in [6, 6.07) is 7.83. The molecule has 7 heteroatoms. The van der Waals surface area contributed by atoms with Crippen LogP contribution in [0.4, 0.5) is 11.6 Å². The number of rotatable bonds is 5. The molecule has 2 heterocycles. The van der Waals surface area contributed by atoms with Crippen LogP contribution in [0, 0.1) is 6.92 Å². The van der Waals surface area contributed by atoms with E-state index < -0.39 is 0 Å². The minimum Gasteiger partial charge on any atom is -0.339 e. The molecular formula is C22H29N5O2. The van der Waals surface area contributed by atoms with Gasteiger partial charge in [0.1, 0.15) is 5.69 Å². The van der Waals surface area contributed by atoms with Gasteiger partial charge >= 0.3 is 0 Å². The summed E-state index contributed by atoms with van der Waals surface area (Å²) < 4.78 is 0. The van der Waals surface area contributed by atoms with Crippen molar-refractivity contribution in [2.45, 2.75) is 40.5 Å². The number of aromatic nitrogens is 2. The highest BCUT2D eigenvalue weighted by molar-refractivity contribution is 6.04. The van der Waals surface area contributed by atoms with Crippen LogP contribution in [0.25, 0.3) is 0 Å². The molecular weight excluding hydrogens is 366 g/mol. The molecule has 1 fully saturated rings. The largest absolute Gasteiger partial charge is 0.339 e. The molecule has 1 aliphatic rings. The van der Waals surface area contributed by atoms with E-state index in [1.165, 1.54) is 0 Å². The molecule has 1 aliphatic heterocycles. The number of hydrogen-bond donors (Lipinski definition) is 1. The Labute approximate surface area is 172 Å². The third-order valence-electron chi connectivity index (χ3n) is 5.32. The second kappa shape index (κ2) is 9.03. The summed E-state index contributed by atoms with van der Waals surface area (Å²) in [5.74, 6) is 0.392. The Morgan fingerprint density at radius 2 is 1.66 bits per heavy atom. The molecule has 2 amide bonds. The number of anilines is 2. The highest BCUT2D eigenvalue weighted by Crippen LogP contribution is 2.23. The van der Waals surface area contributed by atoms with Crippen LogP contribution < -0.4 is 10.2 Å². The average molecular weight is 396 g/mol. The van der Waals surface area contributed by atoms with E-state index >= 15 is 0 Å². The molecule has 3 rings (SSSR count). The van der Waals surface area contributed by atoms with Gasteiger partial charge in [0.05, 0.1) is 0 Å². The van der Waals surface area contributed by atoms with Crippen LogP contribution in [0.2, 0.25) is 0 Å². The Morgan fingerprint density at radius 1 is 1.03 bits per heavy atom. The molecule has 0 unspecified atom stereocenters. The van der Waals surface area contributed by atoms with E-state index in [1.807, 2.05) is 34.9 Å². The summed E-state index contributed by atoms with van der Waals surface area (Å²) >= 11 is 0. The van der Waals surface area contributed by atoms with Crippen LogP contribution in [-0.4, -0.2) is 52.9 Å². The maximum atomic E-state index is 13.0. The fraction of sp³-hybridized carbons (Fsp3) is 0.455. The van der Waals surface area contributed by atoms with Gasteiger partial charge in [-0.2, -0.15) is 0 Å². The van der Waals surface area contributed by atoms with Crippen molar-refractivity contribution in [2.24, 2.45) is 0 Å². The molecule has 0 spiro atoms. The zero-order valence-electron chi connectivity index (χ0n) is 17.7. The molecule has 29 heavy (non-hydrogen) atoms. The number of carbonyl (C=O) groups is 2. The van der Waals surface area contributed by atoms with Crippen molar-refractivity contribution in [1.29, 1.82) is 0 Å². The fourth-order valence-corrected chi connectivity index (χ4v) is 3.61. The summed E-state index contributed by atoms with van der Waals surface area (Å²) in [7, 11) is 0. The molecule has 2 aromatic rings. The lowest BCUT2D eigenvalue weighted by molar-refractivity contribution is -0.129. The zero-order valence-corrected chi connectivity index (χ0v) is 17.7. The number of para-hydroxylation sites is 1. The molecule has 0 bridgehead atoms. The second-order valence-electron chi connectivity index (χ2n) is 7.30. The lowest BCUT2D eigenvalue weighted by Gasteiger charge is -2.34. The number of nitrogens with one attached hydrogen (secondary N) is 1. The second-order valence-corrected chi connectivity index (χ2v) is 7.30. The van der Waals surface area contributed by atoms with Crippen LogP contribution in [0.5, 0.6) is 0 Å². The molecule has 1 aromatic carbocycles. The fourth-order valence-electron chi connectivity index (χ4n) is 3.61. The molecule has 0 atom stereocenters. The van der Waals surface area contributed by atoms with Crippen molar-refractivity contribution in [3.05, 3.63) is 46.8 Å². The summed E-state index contributed by atoms with van der Waals surface area (Å²) in [6.45, 7) is 10.2. The number of hydrogen-bond acceptors (Lipinski definition) is 5. The Kier molecular flexibility index (Phi) is 6.46. The highest BCUT2D eigenvalue weighted by Gasteiger charge is 2.22. The van der Waals surface area contributed by atoms with Crippen LogP contribution in [0.1, 0.15) is 48.1 Å². The Balaban J connectivity index is 1.82. The number of aryl methyl sites for hydroxylation is 3. The molecule has 1 saturated heterocycles. The van der Waals surface area contributed by atoms with Crippen LogP contribution in [0.3, 0.4) is 0 Å². The van der Waals surface area contributed by atoms with Crippen LogP contribution >= 0.6 is 0 Å². The summed E-state index contributed by atoms with van der Waals surface area (Å²) in [5, 5.41) is 3.08. The van der Waals surface area contributed by atoms with Crippen molar-refractivity contribution in [3.63, 3.8) is 0 Å². The van der Waals surface area contributed by atoms with E-state index in [9.17, 15) is 9.59 Å². The third kappa shape index (κ3) is 4.72. The minimum atomic E-state index is -0.227. The first kappa shape index (κ1) is 20.8. The molecule has 0 radical (unpaired) electrons. The normalized spacial score (nSPS) is 14.1. The molecule has 0 saturated carbocycles. The van der Waals surface area contributed by atoms with Gasteiger partial charge in [0.25, 0.3) is 5.91 Å². The Hall–Kier alpha value is -2.96. The van der Waals surface area contributed by atoms with Gasteiger partial charge < -0.3 is 15.1 Å². The van der Waals surface area contributed by atoms with E-state index in [-0.39, 0.29) is 11.8 Å². The van der Waals surface area contributed by atoms with Gasteiger partial charge in [0.15, 0.2) is 0 Å². The first-order valence-corrected chi connectivity index (χ1v) is 10.2. The van der Waals surface area contributed by atoms with E-state index in [0.29, 0.717) is 37.8 Å². The molecule has 7 nitrogen and oxygen atoms in total. The highest BCUT2D eigenvalue weighted by atomic mass is 16.2. The van der Waals surface area contributed by atoms with Gasteiger partial charge in [0, 0.05) is 44.5 Å². The quantitative estimate of drug-likeness (QED) is 0.842. The lowest BCUT2D eigenvalue weighted by atomic mass is 10.0. The van der Waals surface area contributed by atoms with Crippen molar-refractivity contribution in [2.75, 3.05) is 36.4 Å².